The Morgan fingerprint density at radius 3 is 2.25 bits per heavy atom. The molecule has 0 aliphatic carbocycles. The first-order chi connectivity index (χ1) is 22.7. The predicted molar refractivity (Wildman–Crippen MR) is 184 cm³/mol. The van der Waals surface area contributed by atoms with Crippen LogP contribution in [0.4, 0.5) is 0 Å². The molecule has 2 saturated heterocycles. The number of carbonyl (C=O) groups is 2. The van der Waals surface area contributed by atoms with E-state index in [1.165, 1.54) is 0 Å². The molecule has 3 heterocycles. The maximum Gasteiger partial charge on any atom is 0.247 e. The third-order valence-corrected chi connectivity index (χ3v) is 10.0. The van der Waals surface area contributed by atoms with E-state index in [1.807, 2.05) is 65.8 Å². The number of aliphatic hydroxyl groups excluding tert-OH is 4. The van der Waals surface area contributed by atoms with E-state index in [2.05, 4.69) is 24.1 Å². The summed E-state index contributed by atoms with van der Waals surface area (Å²) in [7, 11) is 0. The van der Waals surface area contributed by atoms with Gasteiger partial charge < -0.3 is 39.9 Å². The number of piperazine rings is 1. The minimum absolute atomic E-state index is 0.0479. The molecule has 0 saturated carbocycles. The van der Waals surface area contributed by atoms with Gasteiger partial charge in [-0.3, -0.25) is 14.5 Å². The Morgan fingerprint density at radius 2 is 1.62 bits per heavy atom. The molecule has 2 aliphatic rings. The Labute approximate surface area is 283 Å². The summed E-state index contributed by atoms with van der Waals surface area (Å²) in [5.41, 5.74) is 4.69. The number of ether oxygens (including phenoxy) is 1. The van der Waals surface area contributed by atoms with Crippen LogP contribution >= 0.6 is 0 Å². The summed E-state index contributed by atoms with van der Waals surface area (Å²) in [5.74, 6) is -0.189. The van der Waals surface area contributed by atoms with Crippen molar-refractivity contribution in [2.75, 3.05) is 32.8 Å². The van der Waals surface area contributed by atoms with E-state index in [-0.39, 0.29) is 11.8 Å². The zero-order valence-electron chi connectivity index (χ0n) is 29.0. The van der Waals surface area contributed by atoms with Crippen LogP contribution in [0, 0.1) is 13.8 Å². The third-order valence-electron chi connectivity index (χ3n) is 10.0. The van der Waals surface area contributed by atoms with Crippen LogP contribution in [0.15, 0.2) is 42.5 Å². The van der Waals surface area contributed by atoms with Gasteiger partial charge in [0.25, 0.3) is 0 Å². The number of aryl methyl sites for hydroxylation is 2. The second kappa shape index (κ2) is 14.7. The van der Waals surface area contributed by atoms with E-state index in [0.717, 1.165) is 51.9 Å². The molecule has 5 N–H and O–H groups in total. The summed E-state index contributed by atoms with van der Waals surface area (Å²) >= 11 is 0. The second-order valence-corrected chi connectivity index (χ2v) is 14.2. The summed E-state index contributed by atoms with van der Waals surface area (Å²) in [5, 5.41) is 45.5. The molecule has 11 nitrogen and oxygen atoms in total. The van der Waals surface area contributed by atoms with Gasteiger partial charge in [0.15, 0.2) is 6.23 Å². The molecule has 5 rings (SSSR count). The van der Waals surface area contributed by atoms with Crippen LogP contribution in [0.25, 0.3) is 22.0 Å². The van der Waals surface area contributed by atoms with Crippen molar-refractivity contribution < 1.29 is 34.8 Å². The van der Waals surface area contributed by atoms with Crippen molar-refractivity contribution >= 4 is 22.7 Å². The lowest BCUT2D eigenvalue weighted by Crippen LogP contribution is -2.60. The van der Waals surface area contributed by atoms with Crippen molar-refractivity contribution in [3.05, 3.63) is 59.3 Å². The number of carbonyl (C=O) groups excluding carboxylic acids is 2. The normalized spacial score (nSPS) is 24.0. The number of fused-ring (bicyclic) bond motifs is 1. The number of hydrogen-bond donors (Lipinski definition) is 5. The van der Waals surface area contributed by atoms with Crippen LogP contribution in [0.3, 0.4) is 0 Å². The quantitative estimate of drug-likeness (QED) is 0.222. The van der Waals surface area contributed by atoms with Gasteiger partial charge in [0, 0.05) is 55.3 Å². The van der Waals surface area contributed by atoms with Crippen molar-refractivity contribution in [1.82, 2.24) is 19.7 Å². The highest BCUT2D eigenvalue weighted by molar-refractivity contribution is 6.00. The molecule has 0 spiro atoms. The average molecular weight is 665 g/mol. The first-order valence-electron chi connectivity index (χ1n) is 17.1. The molecule has 0 radical (unpaired) electrons. The molecule has 2 amide bonds. The molecular formula is C37H52N4O7. The number of benzene rings is 2. The number of rotatable bonds is 10. The van der Waals surface area contributed by atoms with E-state index in [4.69, 9.17) is 4.74 Å². The number of nitrogens with zero attached hydrogens (tertiary/aromatic N) is 3. The molecule has 2 fully saturated rings. The summed E-state index contributed by atoms with van der Waals surface area (Å²) in [6, 6.07) is 14.5. The van der Waals surface area contributed by atoms with E-state index < -0.39 is 42.8 Å². The van der Waals surface area contributed by atoms with Crippen LogP contribution in [0.2, 0.25) is 0 Å². The van der Waals surface area contributed by atoms with Crippen molar-refractivity contribution in [3.8, 4) is 11.1 Å². The highest BCUT2D eigenvalue weighted by Crippen LogP contribution is 2.41. The maximum absolute atomic E-state index is 13.2. The van der Waals surface area contributed by atoms with Gasteiger partial charge in [0.05, 0.1) is 12.1 Å². The van der Waals surface area contributed by atoms with Gasteiger partial charge in [-0.05, 0) is 77.1 Å². The predicted octanol–water partition coefficient (Wildman–Crippen LogP) is 2.67. The van der Waals surface area contributed by atoms with Crippen LogP contribution < -0.4 is 5.32 Å². The lowest BCUT2D eigenvalue weighted by atomic mass is 9.97. The molecule has 48 heavy (non-hydrogen) atoms. The van der Waals surface area contributed by atoms with Gasteiger partial charge in [0.1, 0.15) is 30.0 Å². The topological polar surface area (TPSA) is 148 Å². The monoisotopic (exact) mass is 664 g/mol. The van der Waals surface area contributed by atoms with Crippen LogP contribution in [0.1, 0.15) is 63.6 Å². The number of aliphatic hydroxyl groups is 4. The molecular weight excluding hydrogens is 612 g/mol. The van der Waals surface area contributed by atoms with Crippen molar-refractivity contribution in [1.29, 1.82) is 0 Å². The SMILES string of the molecule is Cc1cccc2c1c(-c1ccc(CCCC(=O)NC(C)(C)C(=O)N3CCN(C(C)C)CC3)cc1)c(C)n2[C@@H]1O[C@H](CO)[C@@H](O)[C@H](O)[C@H]1O. The highest BCUT2D eigenvalue weighted by atomic mass is 16.6. The Hall–Kier alpha value is -3.32. The second-order valence-electron chi connectivity index (χ2n) is 14.2. The average Bonchev–Trinajstić information content (AvgIpc) is 3.36. The number of hydrogen-bond acceptors (Lipinski definition) is 8. The lowest BCUT2D eigenvalue weighted by molar-refractivity contribution is -0.250. The molecule has 0 bridgehead atoms. The van der Waals surface area contributed by atoms with Crippen molar-refractivity contribution in [2.24, 2.45) is 0 Å². The Balaban J connectivity index is 1.25. The van der Waals surface area contributed by atoms with Crippen LogP contribution in [-0.2, 0) is 20.7 Å². The molecule has 262 valence electrons. The van der Waals surface area contributed by atoms with Crippen LogP contribution in [0.5, 0.6) is 0 Å². The molecule has 11 heteroatoms. The number of nitrogens with one attached hydrogen (secondary N) is 1. The maximum atomic E-state index is 13.2. The van der Waals surface area contributed by atoms with Crippen molar-refractivity contribution in [2.45, 2.75) is 103 Å². The van der Waals surface area contributed by atoms with Crippen LogP contribution in [-0.4, -0.2) is 115 Å². The zero-order valence-corrected chi connectivity index (χ0v) is 29.0. The molecule has 2 aromatic carbocycles. The molecule has 3 aromatic rings. The van der Waals surface area contributed by atoms with Gasteiger partial charge in [-0.15, -0.1) is 0 Å². The van der Waals surface area contributed by atoms with Gasteiger partial charge >= 0.3 is 0 Å². The molecule has 2 aliphatic heterocycles. The molecule has 5 atom stereocenters. The van der Waals surface area contributed by atoms with E-state index in [1.54, 1.807) is 13.8 Å². The Kier molecular flexibility index (Phi) is 11.0. The minimum atomic E-state index is -1.48. The van der Waals surface area contributed by atoms with E-state index in [0.29, 0.717) is 38.4 Å². The lowest BCUT2D eigenvalue weighted by Gasteiger charge is -2.41. The van der Waals surface area contributed by atoms with Gasteiger partial charge in [-0.25, -0.2) is 0 Å². The fraction of sp³-hybridized carbons (Fsp3) is 0.568. The summed E-state index contributed by atoms with van der Waals surface area (Å²) in [6.45, 7) is 14.3. The smallest absolute Gasteiger partial charge is 0.247 e. The number of aromatic nitrogens is 1. The summed E-state index contributed by atoms with van der Waals surface area (Å²) < 4.78 is 7.80. The van der Waals surface area contributed by atoms with Crippen molar-refractivity contribution in [3.63, 3.8) is 0 Å². The highest BCUT2D eigenvalue weighted by Gasteiger charge is 2.45. The third kappa shape index (κ3) is 7.17. The fourth-order valence-corrected chi connectivity index (χ4v) is 7.23. The number of amides is 2. The molecule has 1 aromatic heterocycles. The van der Waals surface area contributed by atoms with E-state index in [9.17, 15) is 30.0 Å². The first-order valence-corrected chi connectivity index (χ1v) is 17.1. The minimum Gasteiger partial charge on any atom is -0.394 e. The molecule has 0 unspecified atom stereocenters. The summed E-state index contributed by atoms with van der Waals surface area (Å²) in [4.78, 5) is 30.3. The van der Waals surface area contributed by atoms with Gasteiger partial charge in [-0.2, -0.15) is 0 Å². The van der Waals surface area contributed by atoms with Gasteiger partial charge in [0.2, 0.25) is 11.8 Å². The fourth-order valence-electron chi connectivity index (χ4n) is 7.23. The first kappa shape index (κ1) is 36.0. The Bertz CT molecular complexity index is 1590. The Morgan fingerprint density at radius 1 is 0.958 bits per heavy atom. The summed E-state index contributed by atoms with van der Waals surface area (Å²) in [6.07, 6.45) is -4.71. The standard InChI is InChI=1S/C37H52N4O7/c1-22(2)39-17-19-40(20-18-39)36(47)37(5,6)38-29(43)12-8-10-25-13-15-26(16-14-25)31-24(4)41(27-11-7-9-23(3)30(27)31)35-34(46)33(45)32(44)28(21-42)48-35/h7,9,11,13-16,22,28,32-35,42,44-46H,8,10,12,17-21H2,1-6H3,(H,38,43)/t28-,32-,33+,34-,35-/m1/s1. The van der Waals surface area contributed by atoms with Gasteiger partial charge in [-0.1, -0.05) is 36.4 Å². The zero-order chi connectivity index (χ0) is 34.9. The van der Waals surface area contributed by atoms with E-state index >= 15 is 0 Å². The largest absolute Gasteiger partial charge is 0.394 e.